The largest absolute Gasteiger partial charge is 0.384 e. The zero-order valence-electron chi connectivity index (χ0n) is 9.03. The number of rotatable bonds is 4. The summed E-state index contributed by atoms with van der Waals surface area (Å²) in [6, 6.07) is 3.55. The first-order valence-corrected chi connectivity index (χ1v) is 4.75. The van der Waals surface area contributed by atoms with Gasteiger partial charge in [-0.15, -0.1) is 0 Å². The van der Waals surface area contributed by atoms with E-state index in [1.54, 1.807) is 31.3 Å². The van der Waals surface area contributed by atoms with E-state index >= 15 is 0 Å². The highest BCUT2D eigenvalue weighted by molar-refractivity contribution is 5.76. The molecule has 5 heteroatoms. The predicted molar refractivity (Wildman–Crippen MR) is 60.5 cm³/mol. The van der Waals surface area contributed by atoms with E-state index in [0.29, 0.717) is 18.8 Å². The average molecular weight is 208 g/mol. The molecule has 1 heterocycles. The Kier molecular flexibility index (Phi) is 3.91. The summed E-state index contributed by atoms with van der Waals surface area (Å²) in [5.74, 6) is 0.593. The topological polar surface area (TPSA) is 71.2 Å². The van der Waals surface area contributed by atoms with Crippen LogP contribution < -0.4 is 11.1 Å². The molecule has 3 N–H and O–H groups in total. The number of anilines is 2. The zero-order chi connectivity index (χ0) is 11.3. The second kappa shape index (κ2) is 5.19. The van der Waals surface area contributed by atoms with Gasteiger partial charge in [-0.25, -0.2) is 4.98 Å². The van der Waals surface area contributed by atoms with E-state index in [1.807, 2.05) is 6.07 Å². The fourth-order valence-corrected chi connectivity index (χ4v) is 1.05. The summed E-state index contributed by atoms with van der Waals surface area (Å²) in [5, 5.41) is 3.09. The molecule has 0 aromatic carbocycles. The van der Waals surface area contributed by atoms with Crippen molar-refractivity contribution in [3.8, 4) is 0 Å². The van der Waals surface area contributed by atoms with Gasteiger partial charge >= 0.3 is 0 Å². The number of hydrogen-bond acceptors (Lipinski definition) is 4. The van der Waals surface area contributed by atoms with Crippen molar-refractivity contribution in [1.82, 2.24) is 9.88 Å². The molecule has 0 fully saturated rings. The van der Waals surface area contributed by atoms with Crippen molar-refractivity contribution in [2.75, 3.05) is 31.7 Å². The van der Waals surface area contributed by atoms with Crippen LogP contribution in [0.15, 0.2) is 18.3 Å². The highest BCUT2D eigenvalue weighted by Gasteiger charge is 2.02. The third-order valence-electron chi connectivity index (χ3n) is 1.95. The van der Waals surface area contributed by atoms with Gasteiger partial charge in [0.1, 0.15) is 5.82 Å². The van der Waals surface area contributed by atoms with Gasteiger partial charge in [-0.2, -0.15) is 0 Å². The highest BCUT2D eigenvalue weighted by Crippen LogP contribution is 2.06. The van der Waals surface area contributed by atoms with Crippen LogP contribution in [0.1, 0.15) is 6.42 Å². The Labute approximate surface area is 89.3 Å². The molecular weight excluding hydrogens is 192 g/mol. The molecule has 15 heavy (non-hydrogen) atoms. The van der Waals surface area contributed by atoms with Gasteiger partial charge < -0.3 is 16.0 Å². The third kappa shape index (κ3) is 3.84. The molecule has 0 unspecified atom stereocenters. The van der Waals surface area contributed by atoms with Gasteiger partial charge in [-0.05, 0) is 12.1 Å². The predicted octanol–water partition coefficient (Wildman–Crippen LogP) is 0.554. The maximum atomic E-state index is 11.2. The molecule has 1 aromatic heterocycles. The summed E-state index contributed by atoms with van der Waals surface area (Å²) < 4.78 is 0. The molecule has 5 nitrogen and oxygen atoms in total. The monoisotopic (exact) mass is 208 g/mol. The van der Waals surface area contributed by atoms with Crippen molar-refractivity contribution in [1.29, 1.82) is 0 Å². The summed E-state index contributed by atoms with van der Waals surface area (Å²) in [7, 11) is 3.49. The molecule has 82 valence electrons. The highest BCUT2D eigenvalue weighted by atomic mass is 16.2. The molecule has 1 aromatic rings. The Balaban J connectivity index is 2.32. The normalized spacial score (nSPS) is 9.73. The van der Waals surface area contributed by atoms with Crippen LogP contribution >= 0.6 is 0 Å². The summed E-state index contributed by atoms with van der Waals surface area (Å²) in [4.78, 5) is 16.7. The number of hydrogen-bond donors (Lipinski definition) is 2. The van der Waals surface area contributed by atoms with Gasteiger partial charge in [-0.1, -0.05) is 0 Å². The van der Waals surface area contributed by atoms with Crippen LogP contribution in [0.2, 0.25) is 0 Å². The fraction of sp³-hybridized carbons (Fsp3) is 0.400. The van der Waals surface area contributed by atoms with Gasteiger partial charge in [0.2, 0.25) is 5.91 Å². The smallest absolute Gasteiger partial charge is 0.223 e. The molecule has 0 bridgehead atoms. The average Bonchev–Trinajstić information content (AvgIpc) is 2.20. The molecule has 0 atom stereocenters. The lowest BCUT2D eigenvalue weighted by Crippen LogP contribution is -2.23. The van der Waals surface area contributed by atoms with E-state index in [1.165, 1.54) is 0 Å². The van der Waals surface area contributed by atoms with Crippen LogP contribution in [0.4, 0.5) is 11.5 Å². The Morgan fingerprint density at radius 1 is 1.53 bits per heavy atom. The van der Waals surface area contributed by atoms with Crippen LogP contribution in [0, 0.1) is 0 Å². The van der Waals surface area contributed by atoms with Gasteiger partial charge in [0, 0.05) is 27.1 Å². The number of carbonyl (C=O) groups excluding carboxylic acids is 1. The van der Waals surface area contributed by atoms with Crippen molar-refractivity contribution in [2.45, 2.75) is 6.42 Å². The minimum absolute atomic E-state index is 0.103. The van der Waals surface area contributed by atoms with Crippen molar-refractivity contribution in [3.63, 3.8) is 0 Å². The second-order valence-corrected chi connectivity index (χ2v) is 3.44. The lowest BCUT2D eigenvalue weighted by molar-refractivity contribution is -0.128. The van der Waals surface area contributed by atoms with Crippen molar-refractivity contribution < 1.29 is 4.79 Å². The molecule has 0 radical (unpaired) electrons. The van der Waals surface area contributed by atoms with Gasteiger partial charge in [-0.3, -0.25) is 4.79 Å². The Morgan fingerprint density at radius 3 is 2.80 bits per heavy atom. The molecule has 0 aliphatic rings. The second-order valence-electron chi connectivity index (χ2n) is 3.44. The molecular formula is C10H16N4O. The van der Waals surface area contributed by atoms with E-state index in [-0.39, 0.29) is 5.91 Å². The minimum Gasteiger partial charge on any atom is -0.384 e. The molecule has 0 aliphatic heterocycles. The number of nitrogens with two attached hydrogens (primary N) is 1. The Hall–Kier alpha value is -1.78. The van der Waals surface area contributed by atoms with Crippen molar-refractivity contribution >= 4 is 17.4 Å². The van der Waals surface area contributed by atoms with E-state index in [0.717, 1.165) is 5.69 Å². The summed E-state index contributed by atoms with van der Waals surface area (Å²) in [6.45, 7) is 0.600. The Morgan fingerprint density at radius 2 is 2.27 bits per heavy atom. The first-order valence-electron chi connectivity index (χ1n) is 4.75. The zero-order valence-corrected chi connectivity index (χ0v) is 9.03. The van der Waals surface area contributed by atoms with Gasteiger partial charge in [0.15, 0.2) is 0 Å². The third-order valence-corrected chi connectivity index (χ3v) is 1.95. The quantitative estimate of drug-likeness (QED) is 0.758. The maximum Gasteiger partial charge on any atom is 0.223 e. The molecule has 0 aliphatic carbocycles. The van der Waals surface area contributed by atoms with E-state index in [4.69, 9.17) is 5.73 Å². The lowest BCUT2D eigenvalue weighted by Gasteiger charge is -2.10. The van der Waals surface area contributed by atoms with Crippen molar-refractivity contribution in [2.24, 2.45) is 0 Å². The summed E-state index contributed by atoms with van der Waals surface area (Å²) in [5.41, 5.74) is 6.31. The molecule has 1 amide bonds. The van der Waals surface area contributed by atoms with E-state index < -0.39 is 0 Å². The first-order chi connectivity index (χ1) is 7.09. The van der Waals surface area contributed by atoms with E-state index in [2.05, 4.69) is 10.3 Å². The van der Waals surface area contributed by atoms with Crippen LogP contribution in [0.5, 0.6) is 0 Å². The number of carbonyl (C=O) groups is 1. The van der Waals surface area contributed by atoms with Gasteiger partial charge in [0.25, 0.3) is 0 Å². The minimum atomic E-state index is 0.103. The number of amides is 1. The van der Waals surface area contributed by atoms with Crippen molar-refractivity contribution in [3.05, 3.63) is 18.3 Å². The molecule has 0 saturated carbocycles. The van der Waals surface area contributed by atoms with Crippen LogP contribution in [0.3, 0.4) is 0 Å². The van der Waals surface area contributed by atoms with Gasteiger partial charge in [0.05, 0.1) is 11.9 Å². The van der Waals surface area contributed by atoms with Crippen LogP contribution in [-0.2, 0) is 4.79 Å². The fourth-order valence-electron chi connectivity index (χ4n) is 1.05. The van der Waals surface area contributed by atoms with Crippen LogP contribution in [0.25, 0.3) is 0 Å². The molecule has 0 saturated heterocycles. The summed E-state index contributed by atoms with van der Waals surface area (Å²) >= 11 is 0. The maximum absolute atomic E-state index is 11.2. The molecule has 1 rings (SSSR count). The lowest BCUT2D eigenvalue weighted by atomic mass is 10.3. The summed E-state index contributed by atoms with van der Waals surface area (Å²) in [6.07, 6.45) is 2.12. The number of aromatic nitrogens is 1. The van der Waals surface area contributed by atoms with E-state index in [9.17, 15) is 4.79 Å². The standard InChI is InChI=1S/C10H16N4O/c1-14(2)10(15)5-6-12-8-3-4-9(11)13-7-8/h3-4,7,12H,5-6H2,1-2H3,(H2,11,13). The van der Waals surface area contributed by atoms with Crippen LogP contribution in [-0.4, -0.2) is 36.4 Å². The SMILES string of the molecule is CN(C)C(=O)CCNc1ccc(N)nc1. The Bertz CT molecular complexity index is 321. The number of pyridine rings is 1. The number of nitrogens with zero attached hydrogens (tertiary/aromatic N) is 2. The number of nitrogen functional groups attached to an aromatic ring is 1. The first kappa shape index (κ1) is 11.3. The molecule has 0 spiro atoms. The number of nitrogens with one attached hydrogen (secondary N) is 1.